The molecule has 0 aliphatic rings. The lowest BCUT2D eigenvalue weighted by atomic mass is 10.2. The van der Waals surface area contributed by atoms with Crippen LogP contribution in [-0.2, 0) is 6.42 Å². The first kappa shape index (κ1) is 13.9. The number of hydrogen-bond donors (Lipinski definition) is 0. The summed E-state index contributed by atoms with van der Waals surface area (Å²) in [5.41, 5.74) is 3.86. The number of fused-ring (bicyclic) bond motifs is 1. The van der Waals surface area contributed by atoms with Gasteiger partial charge in [0.05, 0.1) is 12.8 Å². The summed E-state index contributed by atoms with van der Waals surface area (Å²) in [6.45, 7) is 2.04. The molecule has 1 aromatic carbocycles. The monoisotopic (exact) mass is 301 g/mol. The SMILES string of the molecule is COc1cccc(-n2c(CCCl)nc3c(C)ccnc32)c1. The zero-order valence-corrected chi connectivity index (χ0v) is 12.8. The van der Waals surface area contributed by atoms with Gasteiger partial charge in [0.25, 0.3) is 0 Å². The molecule has 4 nitrogen and oxygen atoms in total. The number of methoxy groups -OCH3 is 1. The van der Waals surface area contributed by atoms with E-state index < -0.39 is 0 Å². The molecular formula is C16H16ClN3O. The Bertz CT molecular complexity index is 782. The van der Waals surface area contributed by atoms with Crippen LogP contribution in [0.4, 0.5) is 0 Å². The van der Waals surface area contributed by atoms with Crippen LogP contribution in [0.3, 0.4) is 0 Å². The summed E-state index contributed by atoms with van der Waals surface area (Å²) in [6, 6.07) is 9.84. The molecule has 0 fully saturated rings. The summed E-state index contributed by atoms with van der Waals surface area (Å²) in [4.78, 5) is 9.20. The first-order chi connectivity index (χ1) is 10.2. The van der Waals surface area contributed by atoms with Crippen LogP contribution in [0.15, 0.2) is 36.5 Å². The van der Waals surface area contributed by atoms with Crippen LogP contribution >= 0.6 is 11.6 Å². The van der Waals surface area contributed by atoms with Gasteiger partial charge in [-0.25, -0.2) is 9.97 Å². The second-order valence-electron chi connectivity index (χ2n) is 4.80. The van der Waals surface area contributed by atoms with Crippen molar-refractivity contribution < 1.29 is 4.74 Å². The highest BCUT2D eigenvalue weighted by Crippen LogP contribution is 2.25. The molecule has 3 rings (SSSR count). The quantitative estimate of drug-likeness (QED) is 0.692. The van der Waals surface area contributed by atoms with E-state index in [1.54, 1.807) is 13.3 Å². The third kappa shape index (κ3) is 2.47. The van der Waals surface area contributed by atoms with Crippen LogP contribution in [0.25, 0.3) is 16.9 Å². The summed E-state index contributed by atoms with van der Waals surface area (Å²) >= 11 is 5.92. The standard InChI is InChI=1S/C16H16ClN3O/c1-11-7-9-18-16-15(11)19-14(6-8-17)20(16)12-4-3-5-13(10-12)21-2/h3-5,7,9-10H,6,8H2,1-2H3. The van der Waals surface area contributed by atoms with Crippen molar-refractivity contribution in [2.75, 3.05) is 13.0 Å². The molecule has 5 heteroatoms. The van der Waals surface area contributed by atoms with Crippen molar-refractivity contribution in [1.29, 1.82) is 0 Å². The average molecular weight is 302 g/mol. The molecule has 21 heavy (non-hydrogen) atoms. The molecule has 108 valence electrons. The van der Waals surface area contributed by atoms with Gasteiger partial charge < -0.3 is 4.74 Å². The fourth-order valence-electron chi connectivity index (χ4n) is 2.41. The molecule has 0 saturated heterocycles. The van der Waals surface area contributed by atoms with Gasteiger partial charge in [0, 0.05) is 24.6 Å². The van der Waals surface area contributed by atoms with E-state index in [1.807, 2.05) is 41.8 Å². The number of rotatable bonds is 4. The summed E-state index contributed by atoms with van der Waals surface area (Å²) in [6.07, 6.45) is 2.50. The zero-order chi connectivity index (χ0) is 14.8. The van der Waals surface area contributed by atoms with Crippen molar-refractivity contribution in [3.63, 3.8) is 0 Å². The average Bonchev–Trinajstić information content (AvgIpc) is 2.87. The molecule has 2 heterocycles. The van der Waals surface area contributed by atoms with Gasteiger partial charge >= 0.3 is 0 Å². The maximum atomic E-state index is 5.92. The Balaban J connectivity index is 2.28. The molecule has 0 aliphatic heterocycles. The zero-order valence-electron chi connectivity index (χ0n) is 12.0. The van der Waals surface area contributed by atoms with Crippen molar-refractivity contribution in [3.05, 3.63) is 47.9 Å². The molecule has 0 radical (unpaired) electrons. The van der Waals surface area contributed by atoms with E-state index in [0.29, 0.717) is 12.3 Å². The van der Waals surface area contributed by atoms with Crippen LogP contribution in [0.2, 0.25) is 0 Å². The summed E-state index contributed by atoms with van der Waals surface area (Å²) < 4.78 is 7.36. The Labute approximate surface area is 128 Å². The number of halogens is 1. The van der Waals surface area contributed by atoms with E-state index in [0.717, 1.165) is 34.0 Å². The Kier molecular flexibility index (Phi) is 3.80. The van der Waals surface area contributed by atoms with Gasteiger partial charge in [-0.2, -0.15) is 0 Å². The number of alkyl halides is 1. The minimum atomic E-state index is 0.520. The van der Waals surface area contributed by atoms with Crippen molar-refractivity contribution >= 4 is 22.8 Å². The largest absolute Gasteiger partial charge is 0.497 e. The highest BCUT2D eigenvalue weighted by Gasteiger charge is 2.14. The molecule has 0 N–H and O–H groups in total. The van der Waals surface area contributed by atoms with Crippen molar-refractivity contribution in [1.82, 2.24) is 14.5 Å². The molecule has 0 bridgehead atoms. The summed E-state index contributed by atoms with van der Waals surface area (Å²) in [5, 5.41) is 0. The van der Waals surface area contributed by atoms with Crippen molar-refractivity contribution in [2.24, 2.45) is 0 Å². The van der Waals surface area contributed by atoms with E-state index in [1.165, 1.54) is 0 Å². The molecule has 3 aromatic rings. The normalized spacial score (nSPS) is 11.0. The molecular weight excluding hydrogens is 286 g/mol. The number of benzene rings is 1. The van der Waals surface area contributed by atoms with Gasteiger partial charge in [-0.3, -0.25) is 4.57 Å². The number of aryl methyl sites for hydroxylation is 2. The van der Waals surface area contributed by atoms with Gasteiger partial charge in [0.1, 0.15) is 17.1 Å². The first-order valence-corrected chi connectivity index (χ1v) is 7.31. The number of pyridine rings is 1. The fraction of sp³-hybridized carbons (Fsp3) is 0.250. The predicted octanol–water partition coefficient (Wildman–Crippen LogP) is 3.52. The maximum Gasteiger partial charge on any atom is 0.164 e. The maximum absolute atomic E-state index is 5.92. The fourth-order valence-corrected chi connectivity index (χ4v) is 2.58. The van der Waals surface area contributed by atoms with Crippen LogP contribution in [0.1, 0.15) is 11.4 Å². The highest BCUT2D eigenvalue weighted by molar-refractivity contribution is 6.17. The lowest BCUT2D eigenvalue weighted by Gasteiger charge is -2.09. The number of ether oxygens (including phenoxy) is 1. The second-order valence-corrected chi connectivity index (χ2v) is 5.18. The van der Waals surface area contributed by atoms with Crippen LogP contribution in [0.5, 0.6) is 5.75 Å². The number of nitrogens with zero attached hydrogens (tertiary/aromatic N) is 3. The first-order valence-electron chi connectivity index (χ1n) is 6.78. The third-order valence-electron chi connectivity index (χ3n) is 3.45. The molecule has 2 aromatic heterocycles. The molecule has 0 unspecified atom stereocenters. The Morgan fingerprint density at radius 1 is 1.29 bits per heavy atom. The van der Waals surface area contributed by atoms with E-state index >= 15 is 0 Å². The van der Waals surface area contributed by atoms with Gasteiger partial charge in [-0.1, -0.05) is 6.07 Å². The highest BCUT2D eigenvalue weighted by atomic mass is 35.5. The molecule has 0 aliphatic carbocycles. The topological polar surface area (TPSA) is 39.9 Å². The minimum Gasteiger partial charge on any atom is -0.497 e. The number of aromatic nitrogens is 3. The molecule has 0 spiro atoms. The van der Waals surface area contributed by atoms with Crippen LogP contribution in [0, 0.1) is 6.92 Å². The predicted molar refractivity (Wildman–Crippen MR) is 84.6 cm³/mol. The smallest absolute Gasteiger partial charge is 0.164 e. The van der Waals surface area contributed by atoms with Gasteiger partial charge in [-0.15, -0.1) is 11.6 Å². The Morgan fingerprint density at radius 2 is 2.14 bits per heavy atom. The van der Waals surface area contributed by atoms with E-state index in [9.17, 15) is 0 Å². The van der Waals surface area contributed by atoms with Crippen molar-refractivity contribution in [3.8, 4) is 11.4 Å². The van der Waals surface area contributed by atoms with E-state index in [2.05, 4.69) is 4.98 Å². The van der Waals surface area contributed by atoms with E-state index in [-0.39, 0.29) is 0 Å². The molecule has 0 saturated carbocycles. The summed E-state index contributed by atoms with van der Waals surface area (Å²) in [7, 11) is 1.66. The lowest BCUT2D eigenvalue weighted by Crippen LogP contribution is -2.03. The molecule has 0 amide bonds. The van der Waals surface area contributed by atoms with E-state index in [4.69, 9.17) is 21.3 Å². The van der Waals surface area contributed by atoms with Crippen LogP contribution < -0.4 is 4.74 Å². The third-order valence-corrected chi connectivity index (χ3v) is 3.64. The Hall–Kier alpha value is -2.07. The van der Waals surface area contributed by atoms with Crippen LogP contribution in [-0.4, -0.2) is 27.5 Å². The van der Waals surface area contributed by atoms with Crippen molar-refractivity contribution in [2.45, 2.75) is 13.3 Å². The lowest BCUT2D eigenvalue weighted by molar-refractivity contribution is 0.414. The number of imidazole rings is 1. The van der Waals surface area contributed by atoms with Gasteiger partial charge in [0.15, 0.2) is 5.65 Å². The number of hydrogen-bond acceptors (Lipinski definition) is 3. The summed E-state index contributed by atoms with van der Waals surface area (Å²) in [5.74, 6) is 2.24. The molecule has 0 atom stereocenters. The second kappa shape index (κ2) is 5.74. The Morgan fingerprint density at radius 3 is 2.90 bits per heavy atom. The van der Waals surface area contributed by atoms with Gasteiger partial charge in [-0.05, 0) is 30.7 Å². The minimum absolute atomic E-state index is 0.520. The van der Waals surface area contributed by atoms with Gasteiger partial charge in [0.2, 0.25) is 0 Å².